The lowest BCUT2D eigenvalue weighted by Gasteiger charge is -2.55. The van der Waals surface area contributed by atoms with Crippen molar-refractivity contribution in [3.8, 4) is 0 Å². The van der Waals surface area contributed by atoms with Crippen LogP contribution in [0.4, 0.5) is 13.2 Å². The van der Waals surface area contributed by atoms with Crippen LogP contribution in [0.3, 0.4) is 0 Å². The van der Waals surface area contributed by atoms with Crippen molar-refractivity contribution in [3.05, 3.63) is 0 Å². The Morgan fingerprint density at radius 1 is 1.06 bits per heavy atom. The summed E-state index contributed by atoms with van der Waals surface area (Å²) in [6.45, 7) is 6.70. The van der Waals surface area contributed by atoms with Gasteiger partial charge in [-0.1, -0.05) is 6.92 Å². The van der Waals surface area contributed by atoms with E-state index in [0.717, 1.165) is 12.8 Å². The number of piperidine rings is 1. The largest absolute Gasteiger partial charge is 0.391 e. The number of nitrogens with one attached hydrogen (secondary N) is 5. The number of nitrogens with zero attached hydrogens (tertiary/aromatic N) is 3. The normalized spacial score (nSPS) is 41.0. The number of rotatable bonds is 7. The van der Waals surface area contributed by atoms with Gasteiger partial charge in [-0.3, -0.25) is 40.1 Å². The van der Waals surface area contributed by atoms with Crippen LogP contribution in [-0.4, -0.2) is 149 Å². The molecule has 0 spiro atoms. The Balaban J connectivity index is 1.15. The molecule has 11 atom stereocenters. The number of aliphatic hydroxyl groups excluding tert-OH is 1. The molecule has 6 fully saturated rings. The molecule has 2 saturated carbocycles. The molecule has 2 aliphatic carbocycles. The third kappa shape index (κ3) is 7.47. The molecule has 4 aliphatic heterocycles. The van der Waals surface area contributed by atoms with E-state index in [1.165, 1.54) is 0 Å². The van der Waals surface area contributed by atoms with Crippen molar-refractivity contribution in [2.45, 2.75) is 118 Å². The molecule has 16 heteroatoms. The van der Waals surface area contributed by atoms with Gasteiger partial charge in [-0.25, -0.2) is 0 Å². The van der Waals surface area contributed by atoms with E-state index in [2.05, 4.69) is 36.4 Å². The number of halogens is 4. The summed E-state index contributed by atoms with van der Waals surface area (Å²) in [6, 6.07) is -2.65. The summed E-state index contributed by atoms with van der Waals surface area (Å²) in [5.41, 5.74) is 0. The minimum Gasteiger partial charge on any atom is -0.389 e. The molecule has 6 N–H and O–H groups in total. The molecule has 0 aromatic carbocycles. The number of hydrogen-bond donors (Lipinski definition) is 6. The molecular formula is C31H50ClF3N8O4. The lowest BCUT2D eigenvalue weighted by Crippen LogP contribution is -2.79. The van der Waals surface area contributed by atoms with Crippen molar-refractivity contribution >= 4 is 29.2 Å². The maximum Gasteiger partial charge on any atom is 0.391 e. The third-order valence-corrected chi connectivity index (χ3v) is 11.9. The molecular weight excluding hydrogens is 641 g/mol. The Bertz CT molecular complexity index is 1160. The highest BCUT2D eigenvalue weighted by atomic mass is 35.5. The first kappa shape index (κ1) is 35.2. The van der Waals surface area contributed by atoms with Crippen LogP contribution in [0.1, 0.15) is 52.4 Å². The van der Waals surface area contributed by atoms with Crippen LogP contribution in [-0.2, 0) is 14.4 Å². The second-order valence-electron chi connectivity index (χ2n) is 14.4. The van der Waals surface area contributed by atoms with E-state index in [1.54, 1.807) is 4.90 Å². The number of ketones is 1. The minimum absolute atomic E-state index is 0.0229. The number of likely N-dealkylation sites (tertiary alicyclic amines) is 1. The first-order chi connectivity index (χ1) is 22.4. The van der Waals surface area contributed by atoms with E-state index >= 15 is 0 Å². The lowest BCUT2D eigenvalue weighted by molar-refractivity contribution is -0.182. The summed E-state index contributed by atoms with van der Waals surface area (Å²) >= 11 is 6.38. The summed E-state index contributed by atoms with van der Waals surface area (Å²) in [4.78, 5) is 47.2. The Hall–Kier alpha value is -1.59. The average molecular weight is 691 g/mol. The number of carbonyl (C=O) groups is 3. The number of aliphatic hydroxyl groups is 1. The summed E-state index contributed by atoms with van der Waals surface area (Å²) < 4.78 is 39.9. The van der Waals surface area contributed by atoms with Crippen LogP contribution >= 0.6 is 11.6 Å². The molecule has 4 saturated heterocycles. The first-order valence-corrected chi connectivity index (χ1v) is 17.8. The highest BCUT2D eigenvalue weighted by molar-refractivity contribution is 6.21. The Kier molecular flexibility index (Phi) is 10.7. The van der Waals surface area contributed by atoms with Crippen molar-refractivity contribution in [1.29, 1.82) is 0 Å². The summed E-state index contributed by atoms with van der Waals surface area (Å²) in [5.74, 6) is -1.35. The zero-order valence-corrected chi connectivity index (χ0v) is 27.9. The smallest absolute Gasteiger partial charge is 0.389 e. The predicted molar refractivity (Wildman–Crippen MR) is 168 cm³/mol. The number of fused-ring (bicyclic) bond motifs is 1. The van der Waals surface area contributed by atoms with Gasteiger partial charge in [0.1, 0.15) is 6.04 Å². The molecule has 11 unspecified atom stereocenters. The Morgan fingerprint density at radius 3 is 2.43 bits per heavy atom. The Labute approximate surface area is 279 Å². The van der Waals surface area contributed by atoms with Crippen LogP contribution in [0.25, 0.3) is 0 Å². The quantitative estimate of drug-likeness (QED) is 0.195. The summed E-state index contributed by atoms with van der Waals surface area (Å²) in [5, 5.41) is 26.1. The van der Waals surface area contributed by atoms with Crippen molar-refractivity contribution in [1.82, 2.24) is 41.3 Å². The molecule has 0 bridgehead atoms. The van der Waals surface area contributed by atoms with E-state index < -0.39 is 53.9 Å². The van der Waals surface area contributed by atoms with Crippen molar-refractivity contribution in [2.75, 3.05) is 45.9 Å². The van der Waals surface area contributed by atoms with Gasteiger partial charge in [0.05, 0.1) is 42.2 Å². The average Bonchev–Trinajstić information content (AvgIpc) is 3.89. The highest BCUT2D eigenvalue weighted by Gasteiger charge is 2.54. The molecule has 266 valence electrons. The maximum absolute atomic E-state index is 14.4. The topological polar surface area (TPSA) is 141 Å². The third-order valence-electron chi connectivity index (χ3n) is 11.4. The number of piperazine rings is 2. The summed E-state index contributed by atoms with van der Waals surface area (Å²) in [7, 11) is 0. The fraction of sp³-hybridized carbons (Fsp3) is 0.903. The van der Waals surface area contributed by atoms with Gasteiger partial charge in [0, 0.05) is 63.6 Å². The van der Waals surface area contributed by atoms with E-state index in [-0.39, 0.29) is 61.5 Å². The number of Topliss-reactive ketones (excluding diaryl/α,β-unsaturated/α-hetero) is 1. The van der Waals surface area contributed by atoms with Gasteiger partial charge in [-0.05, 0) is 51.4 Å². The molecule has 0 aromatic heterocycles. The molecule has 0 radical (unpaired) electrons. The van der Waals surface area contributed by atoms with Crippen molar-refractivity contribution in [3.63, 3.8) is 0 Å². The van der Waals surface area contributed by atoms with Crippen LogP contribution in [0, 0.1) is 11.8 Å². The number of amides is 2. The van der Waals surface area contributed by atoms with E-state index in [0.29, 0.717) is 51.7 Å². The fourth-order valence-electron chi connectivity index (χ4n) is 8.46. The van der Waals surface area contributed by atoms with Gasteiger partial charge in [0.15, 0.2) is 5.78 Å². The van der Waals surface area contributed by atoms with Crippen LogP contribution in [0.15, 0.2) is 0 Å². The zero-order valence-electron chi connectivity index (χ0n) is 27.1. The fourth-order valence-corrected chi connectivity index (χ4v) is 8.86. The molecule has 4 heterocycles. The molecule has 6 aliphatic rings. The van der Waals surface area contributed by atoms with E-state index in [4.69, 9.17) is 11.6 Å². The predicted octanol–water partition coefficient (Wildman–Crippen LogP) is -0.448. The number of carbonyl (C=O) groups excluding carboxylic acids is 3. The van der Waals surface area contributed by atoms with Gasteiger partial charge in [-0.2, -0.15) is 13.2 Å². The molecule has 47 heavy (non-hydrogen) atoms. The van der Waals surface area contributed by atoms with Crippen LogP contribution < -0.4 is 26.6 Å². The molecule has 12 nitrogen and oxygen atoms in total. The van der Waals surface area contributed by atoms with Crippen molar-refractivity contribution < 1.29 is 32.7 Å². The standard InChI is InChI=1S/C31H50ClF3N8O4/c1-3-22-26(41-8-10-42(11-9-41)30(47)25-27(45)16(2)37-15-38-25)28(46)24-29(36-13-21(40-24)17-4-5-17)43(22)14-23(44)39-20-7-6-18(12-19(20)32)31(33,34)35/h16-22,24-27,29,36-38,40,45H,3-15H2,1-2H3,(H,39,44). The van der Waals surface area contributed by atoms with Crippen LogP contribution in [0.5, 0.6) is 0 Å². The van der Waals surface area contributed by atoms with Gasteiger partial charge < -0.3 is 20.6 Å². The molecule has 2 amide bonds. The van der Waals surface area contributed by atoms with Gasteiger partial charge >= 0.3 is 6.18 Å². The first-order valence-electron chi connectivity index (χ1n) is 17.3. The second-order valence-corrected chi connectivity index (χ2v) is 14.9. The summed E-state index contributed by atoms with van der Waals surface area (Å²) in [6.07, 6.45) is -2.89. The zero-order chi connectivity index (χ0) is 33.6. The Morgan fingerprint density at radius 2 is 1.79 bits per heavy atom. The van der Waals surface area contributed by atoms with E-state index in [9.17, 15) is 32.7 Å². The molecule has 0 aromatic rings. The van der Waals surface area contributed by atoms with Crippen molar-refractivity contribution in [2.24, 2.45) is 11.8 Å². The number of alkyl halides is 4. The van der Waals surface area contributed by atoms with Gasteiger partial charge in [0.25, 0.3) is 0 Å². The monoisotopic (exact) mass is 690 g/mol. The van der Waals surface area contributed by atoms with Gasteiger partial charge in [-0.15, -0.1) is 11.6 Å². The minimum atomic E-state index is -4.30. The maximum atomic E-state index is 14.4. The SMILES string of the molecule is CCC1C(N2CCN(C(=O)C3NCNC(C)C3O)CC2)C(=O)C2NC(C3CC3)CNC2N1CC(=O)NC1CCC(C(F)(F)F)CC1Cl. The van der Waals surface area contributed by atoms with Gasteiger partial charge in [0.2, 0.25) is 11.8 Å². The second kappa shape index (κ2) is 14.3. The lowest BCUT2D eigenvalue weighted by atomic mass is 9.83. The van der Waals surface area contributed by atoms with Crippen LogP contribution in [0.2, 0.25) is 0 Å². The highest BCUT2D eigenvalue weighted by Crippen LogP contribution is 2.40. The molecule has 6 rings (SSSR count). The van der Waals surface area contributed by atoms with E-state index in [1.807, 2.05) is 13.8 Å². The number of hydrogen-bond acceptors (Lipinski definition) is 10.